The molecule has 3 rings (SSSR count). The highest BCUT2D eigenvalue weighted by molar-refractivity contribution is 5.70. The van der Waals surface area contributed by atoms with Gasteiger partial charge >= 0.3 is 0 Å². The minimum absolute atomic E-state index is 0.305. The largest absolute Gasteiger partial charge is 0.486 e. The number of nitrogens with two attached hydrogens (primary N) is 1. The van der Waals surface area contributed by atoms with Crippen LogP contribution in [0.15, 0.2) is 36.4 Å². The normalized spacial score (nSPS) is 13.4. The smallest absolute Gasteiger partial charge is 0.161 e. The maximum Gasteiger partial charge on any atom is 0.161 e. The molecule has 0 aliphatic carbocycles. The zero-order chi connectivity index (χ0) is 12.5. The summed E-state index contributed by atoms with van der Waals surface area (Å²) in [6.07, 6.45) is 0. The van der Waals surface area contributed by atoms with Gasteiger partial charge in [-0.25, -0.2) is 4.39 Å². The first-order chi connectivity index (χ1) is 8.74. The topological polar surface area (TPSA) is 44.5 Å². The van der Waals surface area contributed by atoms with Crippen LogP contribution in [0.25, 0.3) is 11.1 Å². The van der Waals surface area contributed by atoms with E-state index >= 15 is 0 Å². The molecule has 2 N–H and O–H groups in total. The van der Waals surface area contributed by atoms with Crippen LogP contribution in [0.5, 0.6) is 11.5 Å². The van der Waals surface area contributed by atoms with E-state index in [0.717, 1.165) is 5.56 Å². The van der Waals surface area contributed by atoms with E-state index in [9.17, 15) is 4.39 Å². The van der Waals surface area contributed by atoms with Gasteiger partial charge in [-0.15, -0.1) is 0 Å². The first-order valence-corrected chi connectivity index (χ1v) is 5.69. The average molecular weight is 245 g/mol. The fourth-order valence-electron chi connectivity index (χ4n) is 1.98. The summed E-state index contributed by atoms with van der Waals surface area (Å²) in [5, 5.41) is 0. The van der Waals surface area contributed by atoms with Crippen molar-refractivity contribution in [1.82, 2.24) is 0 Å². The molecule has 0 spiro atoms. The van der Waals surface area contributed by atoms with Gasteiger partial charge in [-0.1, -0.05) is 6.07 Å². The monoisotopic (exact) mass is 245 g/mol. The molecule has 0 aromatic heterocycles. The second-order valence-corrected chi connectivity index (χ2v) is 4.10. The van der Waals surface area contributed by atoms with Crippen molar-refractivity contribution in [3.8, 4) is 22.6 Å². The van der Waals surface area contributed by atoms with Crippen LogP contribution in [0.4, 0.5) is 10.1 Å². The number of anilines is 1. The van der Waals surface area contributed by atoms with E-state index in [1.54, 1.807) is 24.3 Å². The Morgan fingerprint density at radius 1 is 0.944 bits per heavy atom. The Bertz CT molecular complexity index is 598. The van der Waals surface area contributed by atoms with E-state index in [4.69, 9.17) is 15.2 Å². The fraction of sp³-hybridized carbons (Fsp3) is 0.143. The second-order valence-electron chi connectivity index (χ2n) is 4.10. The third-order valence-electron chi connectivity index (χ3n) is 2.84. The molecule has 0 radical (unpaired) electrons. The van der Waals surface area contributed by atoms with Crippen molar-refractivity contribution < 1.29 is 13.9 Å². The Hall–Kier alpha value is -2.23. The predicted molar refractivity (Wildman–Crippen MR) is 67.2 cm³/mol. The van der Waals surface area contributed by atoms with E-state index in [1.807, 2.05) is 0 Å². The van der Waals surface area contributed by atoms with Crippen LogP contribution in [0, 0.1) is 5.82 Å². The summed E-state index contributed by atoms with van der Waals surface area (Å²) in [5.74, 6) is 1.02. The van der Waals surface area contributed by atoms with Gasteiger partial charge in [0.05, 0.1) is 0 Å². The van der Waals surface area contributed by atoms with Crippen molar-refractivity contribution in [2.45, 2.75) is 0 Å². The number of fused-ring (bicyclic) bond motifs is 1. The molecule has 0 atom stereocenters. The Morgan fingerprint density at radius 2 is 1.72 bits per heavy atom. The van der Waals surface area contributed by atoms with Gasteiger partial charge in [-0.3, -0.25) is 0 Å². The van der Waals surface area contributed by atoms with Crippen LogP contribution < -0.4 is 15.2 Å². The minimum atomic E-state index is -0.305. The predicted octanol–water partition coefficient (Wildman–Crippen LogP) is 2.85. The molecule has 0 fully saturated rings. The van der Waals surface area contributed by atoms with Crippen molar-refractivity contribution in [3.05, 3.63) is 42.2 Å². The lowest BCUT2D eigenvalue weighted by molar-refractivity contribution is 0.171. The summed E-state index contributed by atoms with van der Waals surface area (Å²) in [7, 11) is 0. The highest BCUT2D eigenvalue weighted by Crippen LogP contribution is 2.35. The summed E-state index contributed by atoms with van der Waals surface area (Å²) < 4.78 is 24.7. The van der Waals surface area contributed by atoms with Crippen molar-refractivity contribution in [1.29, 1.82) is 0 Å². The quantitative estimate of drug-likeness (QED) is 0.786. The molecule has 1 aliphatic rings. The third kappa shape index (κ3) is 1.86. The summed E-state index contributed by atoms with van der Waals surface area (Å²) in [5.41, 5.74) is 7.40. The van der Waals surface area contributed by atoms with Gasteiger partial charge in [0, 0.05) is 11.3 Å². The zero-order valence-electron chi connectivity index (χ0n) is 9.65. The molecule has 18 heavy (non-hydrogen) atoms. The number of ether oxygens (including phenoxy) is 2. The number of nitrogen functional groups attached to an aromatic ring is 1. The minimum Gasteiger partial charge on any atom is -0.486 e. The molecular weight excluding hydrogens is 233 g/mol. The van der Waals surface area contributed by atoms with Crippen LogP contribution in [0.2, 0.25) is 0 Å². The van der Waals surface area contributed by atoms with E-state index in [0.29, 0.717) is 36.0 Å². The van der Waals surface area contributed by atoms with E-state index in [1.165, 1.54) is 12.1 Å². The molecule has 2 aromatic carbocycles. The first-order valence-electron chi connectivity index (χ1n) is 5.69. The number of rotatable bonds is 1. The molecule has 0 saturated heterocycles. The number of hydrogen-bond donors (Lipinski definition) is 1. The highest BCUT2D eigenvalue weighted by Gasteiger charge is 2.14. The van der Waals surface area contributed by atoms with Crippen LogP contribution in [0.3, 0.4) is 0 Å². The van der Waals surface area contributed by atoms with Crippen LogP contribution in [0.1, 0.15) is 0 Å². The van der Waals surface area contributed by atoms with E-state index in [2.05, 4.69) is 0 Å². The van der Waals surface area contributed by atoms with Gasteiger partial charge in [0.25, 0.3) is 0 Å². The van der Waals surface area contributed by atoms with Crippen molar-refractivity contribution in [2.24, 2.45) is 0 Å². The Kier molecular flexibility index (Phi) is 2.55. The molecule has 0 saturated carbocycles. The molecule has 92 valence electrons. The Labute approximate surface area is 104 Å². The Morgan fingerprint density at radius 3 is 2.56 bits per heavy atom. The summed E-state index contributed by atoms with van der Waals surface area (Å²) in [4.78, 5) is 0. The van der Waals surface area contributed by atoms with Gasteiger partial charge in [0.2, 0.25) is 0 Å². The third-order valence-corrected chi connectivity index (χ3v) is 2.84. The lowest BCUT2D eigenvalue weighted by Gasteiger charge is -2.19. The molecule has 1 heterocycles. The number of halogens is 1. The maximum absolute atomic E-state index is 13.8. The number of hydrogen-bond acceptors (Lipinski definition) is 3. The van der Waals surface area contributed by atoms with Crippen molar-refractivity contribution in [2.75, 3.05) is 18.9 Å². The maximum atomic E-state index is 13.8. The molecule has 4 heteroatoms. The van der Waals surface area contributed by atoms with Gasteiger partial charge in [0.15, 0.2) is 11.5 Å². The SMILES string of the molecule is Nc1ccc(F)c(-c2ccc3c(c2)OCCO3)c1. The lowest BCUT2D eigenvalue weighted by atomic mass is 10.0. The van der Waals surface area contributed by atoms with E-state index in [-0.39, 0.29) is 5.82 Å². The molecule has 3 nitrogen and oxygen atoms in total. The number of benzene rings is 2. The van der Waals surface area contributed by atoms with Crippen molar-refractivity contribution in [3.63, 3.8) is 0 Å². The van der Waals surface area contributed by atoms with Gasteiger partial charge in [-0.2, -0.15) is 0 Å². The van der Waals surface area contributed by atoms with Gasteiger partial charge in [-0.05, 0) is 35.9 Å². The van der Waals surface area contributed by atoms with Crippen LogP contribution in [-0.4, -0.2) is 13.2 Å². The van der Waals surface area contributed by atoms with Crippen LogP contribution >= 0.6 is 0 Å². The van der Waals surface area contributed by atoms with Gasteiger partial charge < -0.3 is 15.2 Å². The summed E-state index contributed by atoms with van der Waals surface area (Å²) in [6.45, 7) is 1.05. The first kappa shape index (κ1) is 10.9. The standard InChI is InChI=1S/C14H12FNO2/c15-12-3-2-10(16)8-11(12)9-1-4-13-14(7-9)18-6-5-17-13/h1-4,7-8H,5-6,16H2. The molecule has 2 aromatic rings. The highest BCUT2D eigenvalue weighted by atomic mass is 19.1. The summed E-state index contributed by atoms with van der Waals surface area (Å²) >= 11 is 0. The van der Waals surface area contributed by atoms with Gasteiger partial charge in [0.1, 0.15) is 19.0 Å². The van der Waals surface area contributed by atoms with E-state index < -0.39 is 0 Å². The molecule has 0 bridgehead atoms. The molecule has 1 aliphatic heterocycles. The second kappa shape index (κ2) is 4.22. The molecule has 0 unspecified atom stereocenters. The lowest BCUT2D eigenvalue weighted by Crippen LogP contribution is -2.15. The van der Waals surface area contributed by atoms with Crippen molar-refractivity contribution >= 4 is 5.69 Å². The molecule has 0 amide bonds. The molecular formula is C14H12FNO2. The fourth-order valence-corrected chi connectivity index (χ4v) is 1.98. The average Bonchev–Trinajstić information content (AvgIpc) is 2.41. The Balaban J connectivity index is 2.09. The summed E-state index contributed by atoms with van der Waals surface area (Å²) in [6, 6.07) is 9.86. The van der Waals surface area contributed by atoms with Crippen LogP contribution in [-0.2, 0) is 0 Å². The zero-order valence-corrected chi connectivity index (χ0v) is 9.65.